The number of benzene rings is 3. The minimum absolute atomic E-state index is 0.0423. The number of aliphatic hydroxyl groups is 1. The van der Waals surface area contributed by atoms with Gasteiger partial charge in [-0.2, -0.15) is 0 Å². The van der Waals surface area contributed by atoms with Crippen molar-refractivity contribution in [3.05, 3.63) is 101 Å². The lowest BCUT2D eigenvalue weighted by molar-refractivity contribution is -0.132. The van der Waals surface area contributed by atoms with Crippen molar-refractivity contribution in [3.63, 3.8) is 0 Å². The van der Waals surface area contributed by atoms with E-state index < -0.39 is 23.5 Å². The van der Waals surface area contributed by atoms with Gasteiger partial charge in [-0.3, -0.25) is 14.5 Å². The molecule has 1 saturated heterocycles. The normalized spacial score (nSPS) is 17.4. The first-order chi connectivity index (χ1) is 16.3. The molecular formula is C28H26FNO4. The van der Waals surface area contributed by atoms with E-state index in [0.717, 1.165) is 5.56 Å². The van der Waals surface area contributed by atoms with E-state index in [-0.39, 0.29) is 22.9 Å². The molecule has 174 valence electrons. The monoisotopic (exact) mass is 459 g/mol. The lowest BCUT2D eigenvalue weighted by Crippen LogP contribution is -2.29. The van der Waals surface area contributed by atoms with Gasteiger partial charge in [-0.1, -0.05) is 50.2 Å². The maximum atomic E-state index is 14.0. The Morgan fingerprint density at radius 1 is 1.03 bits per heavy atom. The topological polar surface area (TPSA) is 66.8 Å². The van der Waals surface area contributed by atoms with E-state index in [9.17, 15) is 19.1 Å². The Bertz CT molecular complexity index is 1270. The molecule has 4 rings (SSSR count). The number of halogens is 1. The van der Waals surface area contributed by atoms with Crippen molar-refractivity contribution >= 4 is 23.1 Å². The quantitative estimate of drug-likeness (QED) is 0.280. The fourth-order valence-electron chi connectivity index (χ4n) is 4.26. The molecule has 1 fully saturated rings. The smallest absolute Gasteiger partial charge is 0.300 e. The summed E-state index contributed by atoms with van der Waals surface area (Å²) in [5.74, 6) is -1.65. The largest absolute Gasteiger partial charge is 0.507 e. The zero-order valence-electron chi connectivity index (χ0n) is 19.3. The molecular weight excluding hydrogens is 433 g/mol. The van der Waals surface area contributed by atoms with Crippen molar-refractivity contribution in [2.45, 2.75) is 32.7 Å². The molecule has 0 bridgehead atoms. The molecule has 5 nitrogen and oxygen atoms in total. The Balaban J connectivity index is 1.92. The molecule has 0 aromatic heterocycles. The summed E-state index contributed by atoms with van der Waals surface area (Å²) in [6.07, 6.45) is 0. The number of hydrogen-bond acceptors (Lipinski definition) is 4. The van der Waals surface area contributed by atoms with Gasteiger partial charge in [0.25, 0.3) is 11.7 Å². The first kappa shape index (κ1) is 23.2. The molecule has 1 amide bonds. The van der Waals surface area contributed by atoms with Gasteiger partial charge < -0.3 is 9.84 Å². The van der Waals surface area contributed by atoms with E-state index in [2.05, 4.69) is 0 Å². The van der Waals surface area contributed by atoms with Crippen LogP contribution in [0.3, 0.4) is 0 Å². The van der Waals surface area contributed by atoms with Crippen molar-refractivity contribution in [1.29, 1.82) is 0 Å². The standard InChI is InChI=1S/C28H26FNO4/c1-4-34-23-14-13-19(15-22(23)17(2)3)26(31)24-25(18-9-6-5-7-10-18)30(28(33)27(24)32)21-12-8-11-20(29)16-21/h5-17,25,31H,4H2,1-3H3/b26-24-. The maximum Gasteiger partial charge on any atom is 0.300 e. The number of ketones is 1. The van der Waals surface area contributed by atoms with Gasteiger partial charge in [0.05, 0.1) is 18.2 Å². The summed E-state index contributed by atoms with van der Waals surface area (Å²) >= 11 is 0. The van der Waals surface area contributed by atoms with Crippen LogP contribution in [0.4, 0.5) is 10.1 Å². The van der Waals surface area contributed by atoms with Gasteiger partial charge in [0.1, 0.15) is 17.3 Å². The maximum absolute atomic E-state index is 14.0. The third-order valence-electron chi connectivity index (χ3n) is 5.85. The zero-order chi connectivity index (χ0) is 24.4. The molecule has 0 aliphatic carbocycles. The third kappa shape index (κ3) is 4.19. The summed E-state index contributed by atoms with van der Waals surface area (Å²) in [4.78, 5) is 27.6. The second-order valence-corrected chi connectivity index (χ2v) is 8.40. The summed E-state index contributed by atoms with van der Waals surface area (Å²) < 4.78 is 19.7. The van der Waals surface area contributed by atoms with Crippen LogP contribution >= 0.6 is 0 Å². The molecule has 34 heavy (non-hydrogen) atoms. The van der Waals surface area contributed by atoms with E-state index >= 15 is 0 Å². The van der Waals surface area contributed by atoms with Gasteiger partial charge in [0, 0.05) is 11.3 Å². The van der Waals surface area contributed by atoms with Crippen molar-refractivity contribution in [3.8, 4) is 5.75 Å². The molecule has 1 heterocycles. The van der Waals surface area contributed by atoms with Crippen LogP contribution in [0.2, 0.25) is 0 Å². The van der Waals surface area contributed by atoms with Gasteiger partial charge in [-0.05, 0) is 60.4 Å². The summed E-state index contributed by atoms with van der Waals surface area (Å²) in [5.41, 5.74) is 2.11. The summed E-state index contributed by atoms with van der Waals surface area (Å²) in [6.45, 7) is 6.41. The fourth-order valence-corrected chi connectivity index (χ4v) is 4.26. The second-order valence-electron chi connectivity index (χ2n) is 8.40. The highest BCUT2D eigenvalue weighted by atomic mass is 19.1. The average Bonchev–Trinajstić information content (AvgIpc) is 3.10. The highest BCUT2D eigenvalue weighted by Gasteiger charge is 2.47. The predicted molar refractivity (Wildman–Crippen MR) is 129 cm³/mol. The average molecular weight is 460 g/mol. The van der Waals surface area contributed by atoms with E-state index in [0.29, 0.717) is 23.5 Å². The molecule has 1 aliphatic rings. The predicted octanol–water partition coefficient (Wildman–Crippen LogP) is 5.97. The number of rotatable bonds is 6. The molecule has 0 saturated carbocycles. The Kier molecular flexibility index (Phi) is 6.50. The third-order valence-corrected chi connectivity index (χ3v) is 5.85. The van der Waals surface area contributed by atoms with E-state index in [4.69, 9.17) is 4.74 Å². The summed E-state index contributed by atoms with van der Waals surface area (Å²) in [7, 11) is 0. The van der Waals surface area contributed by atoms with E-state index in [1.807, 2.05) is 26.8 Å². The van der Waals surface area contributed by atoms with Gasteiger partial charge in [0.15, 0.2) is 0 Å². The van der Waals surface area contributed by atoms with Crippen LogP contribution in [-0.2, 0) is 9.59 Å². The fraction of sp³-hybridized carbons (Fsp3) is 0.214. The zero-order valence-corrected chi connectivity index (χ0v) is 19.3. The minimum atomic E-state index is -0.905. The number of carbonyl (C=O) groups excluding carboxylic acids is 2. The van der Waals surface area contributed by atoms with Crippen LogP contribution < -0.4 is 9.64 Å². The molecule has 1 aliphatic heterocycles. The summed E-state index contributed by atoms with van der Waals surface area (Å²) in [6, 6.07) is 18.8. The molecule has 1 N–H and O–H groups in total. The van der Waals surface area contributed by atoms with Crippen molar-refractivity contribution in [2.75, 3.05) is 11.5 Å². The van der Waals surface area contributed by atoms with Gasteiger partial charge in [-0.15, -0.1) is 0 Å². The molecule has 3 aromatic carbocycles. The molecule has 0 spiro atoms. The van der Waals surface area contributed by atoms with Crippen molar-refractivity contribution in [2.24, 2.45) is 0 Å². The number of Topliss-reactive ketones (excluding diaryl/α,β-unsaturated/α-hetero) is 1. The Hall–Kier alpha value is -3.93. The highest BCUT2D eigenvalue weighted by Crippen LogP contribution is 2.42. The second kappa shape index (κ2) is 9.51. The molecule has 3 aromatic rings. The van der Waals surface area contributed by atoms with Crippen molar-refractivity contribution in [1.82, 2.24) is 0 Å². The Labute approximate surface area is 198 Å². The number of aliphatic hydroxyl groups excluding tert-OH is 1. The molecule has 1 unspecified atom stereocenters. The van der Waals surface area contributed by atoms with Crippen LogP contribution in [-0.4, -0.2) is 23.4 Å². The van der Waals surface area contributed by atoms with Gasteiger partial charge in [0.2, 0.25) is 0 Å². The Morgan fingerprint density at radius 3 is 2.41 bits per heavy atom. The SMILES string of the molecule is CCOc1ccc(/C(O)=C2/C(=O)C(=O)N(c3cccc(F)c3)C2c2ccccc2)cc1C(C)C. The number of anilines is 1. The van der Waals surface area contributed by atoms with Crippen molar-refractivity contribution < 1.29 is 23.8 Å². The van der Waals surface area contributed by atoms with Crippen LogP contribution in [0.25, 0.3) is 5.76 Å². The van der Waals surface area contributed by atoms with E-state index in [1.165, 1.54) is 23.1 Å². The lowest BCUT2D eigenvalue weighted by Gasteiger charge is -2.25. The van der Waals surface area contributed by atoms with Crippen LogP contribution in [0, 0.1) is 5.82 Å². The van der Waals surface area contributed by atoms with Crippen LogP contribution in [0.5, 0.6) is 5.75 Å². The van der Waals surface area contributed by atoms with Gasteiger partial charge >= 0.3 is 0 Å². The van der Waals surface area contributed by atoms with Crippen LogP contribution in [0.15, 0.2) is 78.4 Å². The lowest BCUT2D eigenvalue weighted by atomic mass is 9.93. The van der Waals surface area contributed by atoms with Crippen LogP contribution in [0.1, 0.15) is 49.4 Å². The van der Waals surface area contributed by atoms with Gasteiger partial charge in [-0.25, -0.2) is 4.39 Å². The number of carbonyl (C=O) groups is 2. The Morgan fingerprint density at radius 2 is 1.76 bits per heavy atom. The summed E-state index contributed by atoms with van der Waals surface area (Å²) in [5, 5.41) is 11.4. The molecule has 1 atom stereocenters. The first-order valence-corrected chi connectivity index (χ1v) is 11.2. The number of ether oxygens (including phenoxy) is 1. The van der Waals surface area contributed by atoms with E-state index in [1.54, 1.807) is 48.5 Å². The highest BCUT2D eigenvalue weighted by molar-refractivity contribution is 6.51. The number of nitrogens with zero attached hydrogens (tertiary/aromatic N) is 1. The molecule has 6 heteroatoms. The molecule has 0 radical (unpaired) electrons. The first-order valence-electron chi connectivity index (χ1n) is 11.2. The number of amides is 1. The minimum Gasteiger partial charge on any atom is -0.507 e. The number of hydrogen-bond donors (Lipinski definition) is 1.